The summed E-state index contributed by atoms with van der Waals surface area (Å²) in [5.74, 6) is 0. The highest BCUT2D eigenvalue weighted by atomic mass is 16.3. The van der Waals surface area contributed by atoms with Crippen molar-refractivity contribution in [3.05, 3.63) is 29.8 Å². The molecule has 96 valence electrons. The van der Waals surface area contributed by atoms with E-state index in [1.54, 1.807) is 0 Å². The van der Waals surface area contributed by atoms with E-state index in [1.807, 2.05) is 24.3 Å². The minimum Gasteiger partial charge on any atom is -0.398 e. The quantitative estimate of drug-likeness (QED) is 0.746. The molecule has 17 heavy (non-hydrogen) atoms. The van der Waals surface area contributed by atoms with Crippen molar-refractivity contribution in [2.24, 2.45) is 0 Å². The first-order valence-corrected chi connectivity index (χ1v) is 6.32. The minimum atomic E-state index is -0.512. The Bertz CT molecular complexity index is 337. The first-order valence-electron chi connectivity index (χ1n) is 6.32. The van der Waals surface area contributed by atoms with E-state index in [9.17, 15) is 5.11 Å². The Hall–Kier alpha value is -1.06. The first kappa shape index (κ1) is 14.0. The van der Waals surface area contributed by atoms with Gasteiger partial charge in [-0.05, 0) is 26.0 Å². The Morgan fingerprint density at radius 3 is 2.35 bits per heavy atom. The first-order chi connectivity index (χ1) is 8.10. The predicted molar refractivity (Wildman–Crippen MR) is 72.8 cm³/mol. The molecule has 1 atom stereocenters. The van der Waals surface area contributed by atoms with Gasteiger partial charge in [0.05, 0.1) is 6.10 Å². The predicted octanol–water partition coefficient (Wildman–Crippen LogP) is 2.42. The second-order valence-electron chi connectivity index (χ2n) is 4.55. The van der Waals surface area contributed by atoms with E-state index in [0.717, 1.165) is 18.4 Å². The second kappa shape index (κ2) is 6.62. The van der Waals surface area contributed by atoms with Gasteiger partial charge in [-0.25, -0.2) is 0 Å². The van der Waals surface area contributed by atoms with Gasteiger partial charge in [-0.2, -0.15) is 0 Å². The normalized spacial score (nSPS) is 13.3. The van der Waals surface area contributed by atoms with Gasteiger partial charge in [0.1, 0.15) is 0 Å². The van der Waals surface area contributed by atoms with E-state index in [4.69, 9.17) is 5.73 Å². The molecule has 1 aromatic rings. The SMILES string of the molecule is CCC(CC)N(C)CC(O)c1ccccc1N. The lowest BCUT2D eigenvalue weighted by atomic mass is 10.1. The maximum Gasteiger partial charge on any atom is 0.0936 e. The minimum absolute atomic E-state index is 0.512. The maximum atomic E-state index is 10.2. The van der Waals surface area contributed by atoms with Crippen molar-refractivity contribution in [2.75, 3.05) is 19.3 Å². The van der Waals surface area contributed by atoms with Crippen molar-refractivity contribution in [3.8, 4) is 0 Å². The fourth-order valence-corrected chi connectivity index (χ4v) is 2.25. The van der Waals surface area contributed by atoms with Crippen molar-refractivity contribution in [3.63, 3.8) is 0 Å². The van der Waals surface area contributed by atoms with Crippen LogP contribution in [0.5, 0.6) is 0 Å². The van der Waals surface area contributed by atoms with Gasteiger partial charge in [-0.15, -0.1) is 0 Å². The van der Waals surface area contributed by atoms with E-state index in [0.29, 0.717) is 18.3 Å². The summed E-state index contributed by atoms with van der Waals surface area (Å²) in [6.07, 6.45) is 1.69. The van der Waals surface area contributed by atoms with E-state index in [-0.39, 0.29) is 0 Å². The molecule has 0 aliphatic carbocycles. The zero-order valence-corrected chi connectivity index (χ0v) is 11.1. The van der Waals surface area contributed by atoms with Gasteiger partial charge in [-0.3, -0.25) is 0 Å². The Balaban J connectivity index is 2.66. The van der Waals surface area contributed by atoms with Crippen LogP contribution >= 0.6 is 0 Å². The number of hydrogen-bond donors (Lipinski definition) is 2. The molecule has 1 aromatic carbocycles. The summed E-state index contributed by atoms with van der Waals surface area (Å²) in [7, 11) is 2.06. The van der Waals surface area contributed by atoms with Gasteiger partial charge in [0.15, 0.2) is 0 Å². The smallest absolute Gasteiger partial charge is 0.0936 e. The van der Waals surface area contributed by atoms with Gasteiger partial charge < -0.3 is 15.7 Å². The van der Waals surface area contributed by atoms with Crippen LogP contribution in [-0.4, -0.2) is 29.6 Å². The number of rotatable bonds is 6. The topological polar surface area (TPSA) is 49.5 Å². The van der Waals surface area contributed by atoms with E-state index in [2.05, 4.69) is 25.8 Å². The highest BCUT2D eigenvalue weighted by Crippen LogP contribution is 2.21. The summed E-state index contributed by atoms with van der Waals surface area (Å²) in [4.78, 5) is 2.21. The number of aliphatic hydroxyl groups is 1. The second-order valence-corrected chi connectivity index (χ2v) is 4.55. The molecule has 0 heterocycles. The van der Waals surface area contributed by atoms with Crippen molar-refractivity contribution in [1.82, 2.24) is 4.90 Å². The number of nitrogens with two attached hydrogens (primary N) is 1. The number of aliphatic hydroxyl groups excluding tert-OH is 1. The van der Waals surface area contributed by atoms with Crippen LogP contribution in [0.4, 0.5) is 5.69 Å². The molecule has 3 heteroatoms. The van der Waals surface area contributed by atoms with Crippen LogP contribution in [-0.2, 0) is 0 Å². The summed E-state index contributed by atoms with van der Waals surface area (Å²) >= 11 is 0. The molecule has 0 fully saturated rings. The maximum absolute atomic E-state index is 10.2. The number of nitrogens with zero attached hydrogens (tertiary/aromatic N) is 1. The molecule has 1 rings (SSSR count). The van der Waals surface area contributed by atoms with E-state index < -0.39 is 6.10 Å². The third-order valence-corrected chi connectivity index (χ3v) is 3.38. The molecule has 0 spiro atoms. The lowest BCUT2D eigenvalue weighted by Crippen LogP contribution is -2.34. The van der Waals surface area contributed by atoms with Crippen LogP contribution in [0.1, 0.15) is 38.4 Å². The molecule has 0 saturated heterocycles. The molecule has 0 aromatic heterocycles. The number of benzene rings is 1. The molecule has 0 aliphatic rings. The molecule has 0 saturated carbocycles. The molecule has 0 aliphatic heterocycles. The summed E-state index contributed by atoms with van der Waals surface area (Å²) in [6.45, 7) is 4.97. The zero-order valence-electron chi connectivity index (χ0n) is 11.1. The van der Waals surface area contributed by atoms with Crippen molar-refractivity contribution in [2.45, 2.75) is 38.8 Å². The largest absolute Gasteiger partial charge is 0.398 e. The number of anilines is 1. The average Bonchev–Trinajstić information content (AvgIpc) is 2.31. The number of likely N-dealkylation sites (N-methyl/N-ethyl adjacent to an activating group) is 1. The third kappa shape index (κ3) is 3.72. The lowest BCUT2D eigenvalue weighted by Gasteiger charge is -2.28. The lowest BCUT2D eigenvalue weighted by molar-refractivity contribution is 0.102. The van der Waals surface area contributed by atoms with Crippen LogP contribution in [0.25, 0.3) is 0 Å². The molecule has 0 radical (unpaired) electrons. The van der Waals surface area contributed by atoms with E-state index in [1.165, 1.54) is 0 Å². The average molecular weight is 236 g/mol. The van der Waals surface area contributed by atoms with Gasteiger partial charge in [-0.1, -0.05) is 32.0 Å². The summed E-state index contributed by atoms with van der Waals surface area (Å²) in [5, 5.41) is 10.2. The van der Waals surface area contributed by atoms with Gasteiger partial charge >= 0.3 is 0 Å². The standard InChI is InChI=1S/C14H24N2O/c1-4-11(5-2)16(3)10-14(17)12-8-6-7-9-13(12)15/h6-9,11,14,17H,4-5,10,15H2,1-3H3. The van der Waals surface area contributed by atoms with Gasteiger partial charge in [0, 0.05) is 23.8 Å². The van der Waals surface area contributed by atoms with Crippen molar-refractivity contribution < 1.29 is 5.11 Å². The number of hydrogen-bond acceptors (Lipinski definition) is 3. The van der Waals surface area contributed by atoms with Crippen LogP contribution in [0.15, 0.2) is 24.3 Å². The highest BCUT2D eigenvalue weighted by Gasteiger charge is 2.17. The van der Waals surface area contributed by atoms with Gasteiger partial charge in [0.2, 0.25) is 0 Å². The zero-order chi connectivity index (χ0) is 12.8. The van der Waals surface area contributed by atoms with Gasteiger partial charge in [0.25, 0.3) is 0 Å². The van der Waals surface area contributed by atoms with Crippen LogP contribution in [0.2, 0.25) is 0 Å². The summed E-state index contributed by atoms with van der Waals surface area (Å²) in [5.41, 5.74) is 7.35. The molecule has 3 nitrogen and oxygen atoms in total. The number of nitrogen functional groups attached to an aromatic ring is 1. The van der Waals surface area contributed by atoms with Crippen LogP contribution in [0, 0.1) is 0 Å². The third-order valence-electron chi connectivity index (χ3n) is 3.38. The van der Waals surface area contributed by atoms with Crippen LogP contribution in [0.3, 0.4) is 0 Å². The van der Waals surface area contributed by atoms with Crippen molar-refractivity contribution in [1.29, 1.82) is 0 Å². The van der Waals surface area contributed by atoms with E-state index >= 15 is 0 Å². The Kier molecular flexibility index (Phi) is 5.45. The Morgan fingerprint density at radius 1 is 1.24 bits per heavy atom. The summed E-state index contributed by atoms with van der Waals surface area (Å²) in [6, 6.07) is 8.04. The van der Waals surface area contributed by atoms with Crippen LogP contribution < -0.4 is 5.73 Å². The molecule has 0 bridgehead atoms. The fourth-order valence-electron chi connectivity index (χ4n) is 2.25. The molecule has 3 N–H and O–H groups in total. The fraction of sp³-hybridized carbons (Fsp3) is 0.571. The van der Waals surface area contributed by atoms with Crippen molar-refractivity contribution >= 4 is 5.69 Å². The monoisotopic (exact) mass is 236 g/mol. The highest BCUT2D eigenvalue weighted by molar-refractivity contribution is 5.47. The molecule has 1 unspecified atom stereocenters. The summed E-state index contributed by atoms with van der Waals surface area (Å²) < 4.78 is 0. The molecular weight excluding hydrogens is 212 g/mol. The molecular formula is C14H24N2O. The molecule has 0 amide bonds. The number of para-hydroxylation sites is 1. The Labute approximate surface area is 104 Å². The Morgan fingerprint density at radius 2 is 1.82 bits per heavy atom.